The van der Waals surface area contributed by atoms with Crippen LogP contribution in [0.2, 0.25) is 0 Å². The SMILES string of the molecule is C.C.Cc1cc(C)c(-c2cccc3c2nc(Br)n3C(C)C)c(C)c1.Cc1cc(C)c(-c2cccc3c2nc(NCc2ccccc2)n3C(C)C)c(C)c1.NCc1ccccc1. The van der Waals surface area contributed by atoms with Gasteiger partial charge in [0, 0.05) is 36.3 Å². The Hall–Kier alpha value is -5.50. The van der Waals surface area contributed by atoms with E-state index < -0.39 is 0 Å². The number of rotatable bonds is 8. The topological polar surface area (TPSA) is 73.7 Å². The lowest BCUT2D eigenvalue weighted by Crippen LogP contribution is -2.09. The Morgan fingerprint density at radius 1 is 0.541 bits per heavy atom. The molecule has 0 saturated heterocycles. The maximum atomic E-state index is 5.35. The quantitative estimate of drug-likeness (QED) is 0.159. The Morgan fingerprint density at radius 2 is 0.951 bits per heavy atom. The zero-order valence-corrected chi connectivity index (χ0v) is 37.9. The monoisotopic (exact) mass is 878 g/mol. The average molecular weight is 880 g/mol. The summed E-state index contributed by atoms with van der Waals surface area (Å²) in [5.41, 5.74) is 25.1. The molecular weight excluding hydrogens is 813 g/mol. The van der Waals surface area contributed by atoms with Gasteiger partial charge in [0.1, 0.15) is 0 Å². The van der Waals surface area contributed by atoms with Crippen LogP contribution in [0.5, 0.6) is 0 Å². The van der Waals surface area contributed by atoms with Crippen molar-refractivity contribution in [3.05, 3.63) is 171 Å². The molecule has 0 radical (unpaired) electrons. The second-order valence-corrected chi connectivity index (χ2v) is 16.9. The minimum absolute atomic E-state index is 0. The number of nitrogens with one attached hydrogen (secondary N) is 1. The highest BCUT2D eigenvalue weighted by Gasteiger charge is 2.19. The molecule has 0 bridgehead atoms. The number of anilines is 1. The summed E-state index contributed by atoms with van der Waals surface area (Å²) in [7, 11) is 0. The van der Waals surface area contributed by atoms with Gasteiger partial charge in [0.25, 0.3) is 0 Å². The van der Waals surface area contributed by atoms with E-state index in [4.69, 9.17) is 15.7 Å². The summed E-state index contributed by atoms with van der Waals surface area (Å²) in [5.74, 6) is 0.925. The van der Waals surface area contributed by atoms with Gasteiger partial charge in [0.2, 0.25) is 5.95 Å². The van der Waals surface area contributed by atoms with E-state index in [0.717, 1.165) is 28.3 Å². The minimum Gasteiger partial charge on any atom is -0.352 e. The minimum atomic E-state index is 0. The van der Waals surface area contributed by atoms with Gasteiger partial charge in [0.15, 0.2) is 4.73 Å². The van der Waals surface area contributed by atoms with Crippen molar-refractivity contribution in [2.45, 2.75) is 109 Å². The number of hydrogen-bond acceptors (Lipinski definition) is 4. The molecule has 0 spiro atoms. The van der Waals surface area contributed by atoms with Gasteiger partial charge < -0.3 is 20.2 Å². The third-order valence-corrected chi connectivity index (χ3v) is 11.3. The third kappa shape index (κ3) is 10.9. The van der Waals surface area contributed by atoms with E-state index in [-0.39, 0.29) is 14.9 Å². The van der Waals surface area contributed by atoms with E-state index in [1.807, 2.05) is 36.4 Å². The highest BCUT2D eigenvalue weighted by Crippen LogP contribution is 2.37. The van der Waals surface area contributed by atoms with Gasteiger partial charge in [-0.15, -0.1) is 0 Å². The van der Waals surface area contributed by atoms with Crippen LogP contribution in [-0.4, -0.2) is 19.1 Å². The fourth-order valence-corrected chi connectivity index (χ4v) is 9.13. The molecule has 61 heavy (non-hydrogen) atoms. The molecule has 0 aliphatic carbocycles. The summed E-state index contributed by atoms with van der Waals surface area (Å²) in [6, 6.07) is 43.1. The highest BCUT2D eigenvalue weighted by molar-refractivity contribution is 9.10. The van der Waals surface area contributed by atoms with Gasteiger partial charge in [-0.05, 0) is 142 Å². The fraction of sp³-hybridized carbons (Fsp3) is 0.296. The smallest absolute Gasteiger partial charge is 0.204 e. The molecule has 2 heterocycles. The van der Waals surface area contributed by atoms with Crippen molar-refractivity contribution in [2.24, 2.45) is 5.73 Å². The van der Waals surface area contributed by atoms with Crippen LogP contribution in [0.3, 0.4) is 0 Å². The second-order valence-electron chi connectivity index (χ2n) is 16.2. The van der Waals surface area contributed by atoms with Gasteiger partial charge >= 0.3 is 0 Å². The number of nitrogens with two attached hydrogens (primary N) is 1. The third-order valence-electron chi connectivity index (χ3n) is 10.7. The molecule has 0 fully saturated rings. The zero-order valence-electron chi connectivity index (χ0n) is 36.4. The summed E-state index contributed by atoms with van der Waals surface area (Å²) in [6.45, 7) is 23.2. The number of fused-ring (bicyclic) bond motifs is 2. The second kappa shape index (κ2) is 21.3. The fourth-order valence-electron chi connectivity index (χ4n) is 8.35. The first-order valence-corrected chi connectivity index (χ1v) is 21.4. The maximum absolute atomic E-state index is 5.35. The normalized spacial score (nSPS) is 10.8. The number of halogens is 1. The molecule has 0 aliphatic heterocycles. The molecule has 7 heteroatoms. The summed E-state index contributed by atoms with van der Waals surface area (Å²) in [4.78, 5) is 9.88. The molecular formula is C54H67BrN6. The van der Waals surface area contributed by atoms with Crippen LogP contribution in [-0.2, 0) is 13.1 Å². The standard InChI is InChI=1S/C26H29N3.C19H21BrN2.C7H9N.2CH4/c1-17(2)29-23-13-9-12-22(24-19(4)14-18(3)15-20(24)5)25(23)28-26(29)27-16-21-10-7-6-8-11-21;1-11(2)22-16-8-6-7-15(18(16)21-19(22)20)17-13(4)9-12(3)10-14(17)5;8-6-7-4-2-1-3-5-7;;/h6-15,17H,16H2,1-5H3,(H,27,28);6-11H,1-5H3;1-5H,6,8H2;2*1H4. The summed E-state index contributed by atoms with van der Waals surface area (Å²) < 4.78 is 5.44. The van der Waals surface area contributed by atoms with E-state index in [0.29, 0.717) is 18.6 Å². The lowest BCUT2D eigenvalue weighted by atomic mass is 9.93. The zero-order chi connectivity index (χ0) is 42.4. The van der Waals surface area contributed by atoms with Crippen LogP contribution in [0.25, 0.3) is 44.3 Å². The van der Waals surface area contributed by atoms with Crippen LogP contribution in [0.1, 0.15) is 99.1 Å². The molecule has 0 saturated carbocycles. The van der Waals surface area contributed by atoms with Gasteiger partial charge in [-0.2, -0.15) is 0 Å². The highest BCUT2D eigenvalue weighted by atomic mass is 79.9. The molecule has 0 aliphatic rings. The molecule has 8 aromatic rings. The molecule has 3 N–H and O–H groups in total. The lowest BCUT2D eigenvalue weighted by molar-refractivity contribution is 0.604. The molecule has 6 aromatic carbocycles. The predicted octanol–water partition coefficient (Wildman–Crippen LogP) is 15.2. The van der Waals surface area contributed by atoms with Crippen LogP contribution < -0.4 is 11.1 Å². The first kappa shape index (κ1) is 48.2. The van der Waals surface area contributed by atoms with Gasteiger partial charge in [0.05, 0.1) is 22.1 Å². The van der Waals surface area contributed by atoms with Crippen LogP contribution in [0, 0.1) is 41.5 Å². The summed E-state index contributed by atoms with van der Waals surface area (Å²) in [6.07, 6.45) is 0. The summed E-state index contributed by atoms with van der Waals surface area (Å²) >= 11 is 3.62. The molecule has 6 nitrogen and oxygen atoms in total. The number of benzene rings is 6. The Balaban J connectivity index is 0.000000226. The van der Waals surface area contributed by atoms with E-state index >= 15 is 0 Å². The van der Waals surface area contributed by atoms with Crippen LogP contribution in [0.15, 0.2) is 126 Å². The van der Waals surface area contributed by atoms with Crippen molar-refractivity contribution >= 4 is 43.9 Å². The number of aryl methyl sites for hydroxylation is 6. The Kier molecular flexibility index (Phi) is 16.9. The van der Waals surface area contributed by atoms with Gasteiger partial charge in [-0.1, -0.05) is 135 Å². The number of nitrogens with zero attached hydrogens (tertiary/aromatic N) is 4. The molecule has 0 amide bonds. The van der Waals surface area contributed by atoms with Gasteiger partial charge in [-0.25, -0.2) is 9.97 Å². The molecule has 0 atom stereocenters. The number of hydrogen-bond donors (Lipinski definition) is 2. The molecule has 320 valence electrons. The van der Waals surface area contributed by atoms with Crippen LogP contribution in [0.4, 0.5) is 5.95 Å². The average Bonchev–Trinajstić information content (AvgIpc) is 3.75. The van der Waals surface area contributed by atoms with Crippen molar-refractivity contribution in [3.63, 3.8) is 0 Å². The lowest BCUT2D eigenvalue weighted by Gasteiger charge is -2.15. The predicted molar refractivity (Wildman–Crippen MR) is 269 cm³/mol. The molecule has 0 unspecified atom stereocenters. The van der Waals surface area contributed by atoms with Gasteiger partial charge in [-0.3, -0.25) is 0 Å². The van der Waals surface area contributed by atoms with Crippen molar-refractivity contribution < 1.29 is 0 Å². The Labute approximate surface area is 374 Å². The molecule has 2 aromatic heterocycles. The van der Waals surface area contributed by atoms with Crippen molar-refractivity contribution in [2.75, 3.05) is 5.32 Å². The van der Waals surface area contributed by atoms with E-state index in [1.54, 1.807) is 0 Å². The summed E-state index contributed by atoms with van der Waals surface area (Å²) in [5, 5.41) is 3.57. The van der Waals surface area contributed by atoms with Crippen molar-refractivity contribution in [3.8, 4) is 22.3 Å². The van der Waals surface area contributed by atoms with Crippen molar-refractivity contribution in [1.82, 2.24) is 19.1 Å². The van der Waals surface area contributed by atoms with E-state index in [1.165, 1.54) is 77.8 Å². The van der Waals surface area contributed by atoms with Crippen molar-refractivity contribution in [1.29, 1.82) is 0 Å². The van der Waals surface area contributed by atoms with E-state index in [2.05, 4.69) is 185 Å². The first-order valence-electron chi connectivity index (χ1n) is 20.6. The Bertz CT molecular complexity index is 2620. The number of para-hydroxylation sites is 2. The first-order chi connectivity index (χ1) is 28.3. The number of aromatic nitrogens is 4. The van der Waals surface area contributed by atoms with E-state index in [9.17, 15) is 0 Å². The van der Waals surface area contributed by atoms with Crippen LogP contribution >= 0.6 is 15.9 Å². The Morgan fingerprint density at radius 3 is 1.36 bits per heavy atom. The largest absolute Gasteiger partial charge is 0.352 e. The number of imidazole rings is 2. The maximum Gasteiger partial charge on any atom is 0.204 e. The molecule has 8 rings (SSSR count).